The van der Waals surface area contributed by atoms with Gasteiger partial charge in [0.05, 0.1) is 21.0 Å². The van der Waals surface area contributed by atoms with Crippen molar-refractivity contribution in [2.75, 3.05) is 25.0 Å². The Bertz CT molecular complexity index is 1430. The van der Waals surface area contributed by atoms with Crippen LogP contribution in [0.25, 0.3) is 0 Å². The maximum atomic E-state index is 15.4. The number of benzene rings is 1. The van der Waals surface area contributed by atoms with Gasteiger partial charge in [-0.2, -0.15) is 0 Å². The van der Waals surface area contributed by atoms with E-state index in [-0.39, 0.29) is 17.8 Å². The van der Waals surface area contributed by atoms with E-state index in [0.717, 1.165) is 15.3 Å². The number of carboxylic acid groups (broad SMARTS) is 1. The third-order valence-corrected chi connectivity index (χ3v) is 8.95. The molecule has 0 bridgehead atoms. The van der Waals surface area contributed by atoms with E-state index >= 15 is 4.39 Å². The zero-order valence-electron chi connectivity index (χ0n) is 21.4. The molecule has 1 aromatic carbocycles. The number of likely N-dealkylation sites (tertiary alicyclic amines) is 1. The number of aryl methyl sites for hydroxylation is 1. The van der Waals surface area contributed by atoms with E-state index < -0.39 is 6.09 Å². The number of aromatic nitrogens is 3. The maximum absolute atomic E-state index is 15.4. The zero-order valence-corrected chi connectivity index (χ0v) is 23.1. The molecule has 1 aliphatic heterocycles. The van der Waals surface area contributed by atoms with Crippen molar-refractivity contribution in [2.24, 2.45) is 0 Å². The summed E-state index contributed by atoms with van der Waals surface area (Å²) < 4.78 is 16.3. The molecule has 4 aromatic rings. The molecule has 1 amide bonds. The smallest absolute Gasteiger partial charge is 0.407 e. The largest absolute Gasteiger partial charge is 0.465 e. The molecule has 202 valence electrons. The molecular weight excluding hydrogens is 535 g/mol. The third-order valence-electron chi connectivity index (χ3n) is 6.90. The molecule has 1 fully saturated rings. The van der Waals surface area contributed by atoms with Gasteiger partial charge in [-0.05, 0) is 49.1 Å². The minimum absolute atomic E-state index is 0.228. The molecule has 0 atom stereocenters. The van der Waals surface area contributed by atoms with Crippen LogP contribution in [0.15, 0.2) is 76.2 Å². The maximum Gasteiger partial charge on any atom is 0.407 e. The molecule has 1 saturated heterocycles. The quantitative estimate of drug-likeness (QED) is 0.225. The SMILES string of the molecule is Cc1ccnc(Nc2ncc(Sc3ccnc(CNCC4(c5ccccc5)CCN(C(=O)O)CC4)c3F)s2)c1. The van der Waals surface area contributed by atoms with Crippen LogP contribution in [0.2, 0.25) is 0 Å². The first kappa shape index (κ1) is 27.0. The minimum Gasteiger partial charge on any atom is -0.465 e. The number of hydrogen-bond donors (Lipinski definition) is 3. The first-order chi connectivity index (χ1) is 18.9. The lowest BCUT2D eigenvalue weighted by molar-refractivity contribution is 0.115. The van der Waals surface area contributed by atoms with Gasteiger partial charge in [-0.1, -0.05) is 53.4 Å². The Morgan fingerprint density at radius 1 is 1.13 bits per heavy atom. The van der Waals surface area contributed by atoms with Crippen LogP contribution in [-0.2, 0) is 12.0 Å². The summed E-state index contributed by atoms with van der Waals surface area (Å²) >= 11 is 2.75. The monoisotopic (exact) mass is 564 g/mol. The number of nitrogens with one attached hydrogen (secondary N) is 2. The van der Waals surface area contributed by atoms with E-state index in [0.29, 0.717) is 54.0 Å². The minimum atomic E-state index is -0.888. The Labute approximate surface area is 234 Å². The second-order valence-electron chi connectivity index (χ2n) is 9.52. The molecule has 39 heavy (non-hydrogen) atoms. The van der Waals surface area contributed by atoms with Crippen LogP contribution in [-0.4, -0.2) is 50.7 Å². The number of thiazole rings is 1. The van der Waals surface area contributed by atoms with Gasteiger partial charge in [0.15, 0.2) is 10.9 Å². The molecule has 0 aliphatic carbocycles. The predicted octanol–water partition coefficient (Wildman–Crippen LogP) is 6.08. The van der Waals surface area contributed by atoms with E-state index in [2.05, 4.69) is 37.7 Å². The lowest BCUT2D eigenvalue weighted by atomic mass is 9.72. The summed E-state index contributed by atoms with van der Waals surface area (Å²) in [5, 5.41) is 16.7. The Morgan fingerprint density at radius 3 is 2.64 bits per heavy atom. The molecule has 5 rings (SSSR count). The van der Waals surface area contributed by atoms with Crippen molar-refractivity contribution in [3.8, 4) is 0 Å². The van der Waals surface area contributed by atoms with Crippen LogP contribution in [0.5, 0.6) is 0 Å². The van der Waals surface area contributed by atoms with E-state index in [9.17, 15) is 9.90 Å². The fourth-order valence-electron chi connectivity index (χ4n) is 4.76. The topological polar surface area (TPSA) is 103 Å². The van der Waals surface area contributed by atoms with Crippen LogP contribution in [0, 0.1) is 12.7 Å². The number of pyridine rings is 2. The number of rotatable bonds is 9. The van der Waals surface area contributed by atoms with Gasteiger partial charge in [-0.25, -0.2) is 19.2 Å². The highest BCUT2D eigenvalue weighted by atomic mass is 32.2. The standard InChI is InChI=1S/C28H29FN6O2S2/c1-19-7-11-32-23(15-19)34-26-33-17-24(39-26)38-22-8-12-31-21(25(22)29)16-30-18-28(20-5-3-2-4-6-20)9-13-35(14-10-28)27(36)37/h2-8,11-12,15,17,30H,9-10,13-14,16,18H2,1H3,(H,36,37)(H,32,33,34). The van der Waals surface area contributed by atoms with Crippen LogP contribution in [0.1, 0.15) is 29.7 Å². The first-order valence-corrected chi connectivity index (χ1v) is 14.3. The highest BCUT2D eigenvalue weighted by Crippen LogP contribution is 2.37. The van der Waals surface area contributed by atoms with Crippen molar-refractivity contribution in [1.29, 1.82) is 0 Å². The fraction of sp³-hybridized carbons (Fsp3) is 0.286. The Balaban J connectivity index is 1.23. The molecule has 0 spiro atoms. The highest BCUT2D eigenvalue weighted by Gasteiger charge is 2.37. The number of hydrogen-bond acceptors (Lipinski definition) is 8. The summed E-state index contributed by atoms with van der Waals surface area (Å²) in [5.74, 6) is 0.360. The molecule has 3 N–H and O–H groups in total. The number of piperidine rings is 1. The number of carbonyl (C=O) groups is 1. The van der Waals surface area contributed by atoms with E-state index in [1.165, 1.54) is 28.0 Å². The van der Waals surface area contributed by atoms with Gasteiger partial charge in [0.25, 0.3) is 0 Å². The Hall–Kier alpha value is -3.54. The van der Waals surface area contributed by atoms with Crippen molar-refractivity contribution in [3.63, 3.8) is 0 Å². The number of nitrogens with zero attached hydrogens (tertiary/aromatic N) is 4. The normalized spacial score (nSPS) is 14.8. The van der Waals surface area contributed by atoms with Gasteiger partial charge >= 0.3 is 6.09 Å². The van der Waals surface area contributed by atoms with E-state index in [4.69, 9.17) is 0 Å². The molecular formula is C28H29FN6O2S2. The molecule has 0 unspecified atom stereocenters. The number of amides is 1. The van der Waals surface area contributed by atoms with E-state index in [1.807, 2.05) is 37.3 Å². The van der Waals surface area contributed by atoms with Crippen molar-refractivity contribution in [3.05, 3.63) is 89.8 Å². The summed E-state index contributed by atoms with van der Waals surface area (Å²) in [6, 6.07) is 15.7. The molecule has 0 radical (unpaired) electrons. The molecule has 0 saturated carbocycles. The van der Waals surface area contributed by atoms with Crippen molar-refractivity contribution < 1.29 is 14.3 Å². The lowest BCUT2D eigenvalue weighted by Crippen LogP contribution is -2.49. The molecule has 1 aliphatic rings. The second kappa shape index (κ2) is 12.1. The fourth-order valence-corrected chi connectivity index (χ4v) is 6.65. The molecule has 3 aromatic heterocycles. The van der Waals surface area contributed by atoms with Gasteiger partial charge in [0.1, 0.15) is 5.82 Å². The molecule has 4 heterocycles. The van der Waals surface area contributed by atoms with Gasteiger partial charge in [0, 0.05) is 44.0 Å². The van der Waals surface area contributed by atoms with Gasteiger partial charge < -0.3 is 20.6 Å². The van der Waals surface area contributed by atoms with Crippen LogP contribution < -0.4 is 10.6 Å². The number of halogens is 1. The highest BCUT2D eigenvalue weighted by molar-refractivity contribution is 8.01. The lowest BCUT2D eigenvalue weighted by Gasteiger charge is -2.41. The second-order valence-corrected chi connectivity index (χ2v) is 11.9. The summed E-state index contributed by atoms with van der Waals surface area (Å²) in [6.45, 7) is 3.80. The van der Waals surface area contributed by atoms with Crippen molar-refractivity contribution in [1.82, 2.24) is 25.2 Å². The zero-order chi connectivity index (χ0) is 27.2. The van der Waals surface area contributed by atoms with Crippen molar-refractivity contribution >= 4 is 40.1 Å². The van der Waals surface area contributed by atoms with Gasteiger partial charge in [-0.3, -0.25) is 4.98 Å². The summed E-state index contributed by atoms with van der Waals surface area (Å²) in [6.07, 6.45) is 5.59. The Morgan fingerprint density at radius 2 is 1.90 bits per heavy atom. The van der Waals surface area contributed by atoms with Gasteiger partial charge in [0.2, 0.25) is 0 Å². The third kappa shape index (κ3) is 6.55. The summed E-state index contributed by atoms with van der Waals surface area (Å²) in [4.78, 5) is 26.4. The number of anilines is 2. The van der Waals surface area contributed by atoms with Crippen LogP contribution in [0.4, 0.5) is 20.1 Å². The van der Waals surface area contributed by atoms with E-state index in [1.54, 1.807) is 24.7 Å². The average molecular weight is 565 g/mol. The first-order valence-electron chi connectivity index (χ1n) is 12.6. The summed E-state index contributed by atoms with van der Waals surface area (Å²) in [5.41, 5.74) is 2.38. The van der Waals surface area contributed by atoms with Crippen LogP contribution in [0.3, 0.4) is 0 Å². The summed E-state index contributed by atoms with van der Waals surface area (Å²) in [7, 11) is 0. The Kier molecular flexibility index (Phi) is 8.39. The molecule has 11 heteroatoms. The van der Waals surface area contributed by atoms with Gasteiger partial charge in [-0.15, -0.1) is 0 Å². The predicted molar refractivity (Wildman–Crippen MR) is 151 cm³/mol. The molecule has 8 nitrogen and oxygen atoms in total. The van der Waals surface area contributed by atoms with Crippen molar-refractivity contribution in [2.45, 2.75) is 40.8 Å². The van der Waals surface area contributed by atoms with Crippen LogP contribution >= 0.6 is 23.1 Å². The average Bonchev–Trinajstić information content (AvgIpc) is 3.38.